The Morgan fingerprint density at radius 2 is 1.73 bits per heavy atom. The number of nitrogens with one attached hydrogen (secondary N) is 1. The molecule has 30 heavy (non-hydrogen) atoms. The number of primary amides is 1. The van der Waals surface area contributed by atoms with E-state index >= 15 is 0 Å². The van der Waals surface area contributed by atoms with Gasteiger partial charge in [-0.3, -0.25) is 20.1 Å². The zero-order chi connectivity index (χ0) is 23.9. The van der Waals surface area contributed by atoms with E-state index in [0.717, 1.165) is 0 Å². The molecule has 5 N–H and O–H groups in total. The molecule has 1 rings (SSSR count). The van der Waals surface area contributed by atoms with Crippen molar-refractivity contribution in [2.75, 3.05) is 7.11 Å². The third kappa shape index (κ3) is 8.23. The van der Waals surface area contributed by atoms with Crippen LogP contribution in [0.1, 0.15) is 52.6 Å². The molecule has 2 amide bonds. The van der Waals surface area contributed by atoms with E-state index < -0.39 is 25.9 Å². The smallest absolute Gasteiger partial charge is 0.244 e. The second-order valence-corrected chi connectivity index (χ2v) is 14.2. The number of nitrogens with two attached hydrogens (primary N) is 1. The van der Waals surface area contributed by atoms with Crippen molar-refractivity contribution in [3.8, 4) is 5.75 Å². The number of carbonyl (C=O) groups excluding carboxylic acids is 2. The van der Waals surface area contributed by atoms with E-state index in [2.05, 4.69) is 39.2 Å². The molecule has 0 saturated carbocycles. The Balaban J connectivity index is 0.00000407. The highest BCUT2D eigenvalue weighted by Gasteiger charge is 2.42. The lowest BCUT2D eigenvalue weighted by molar-refractivity contribution is -0.176. The second kappa shape index (κ2) is 11.1. The van der Waals surface area contributed by atoms with E-state index in [9.17, 15) is 9.59 Å². The number of carbonyl (C=O) groups is 2. The van der Waals surface area contributed by atoms with Crippen LogP contribution >= 0.6 is 11.6 Å². The predicted octanol–water partition coefficient (Wildman–Crippen LogP) is 4.20. The lowest BCUT2D eigenvalue weighted by Gasteiger charge is -2.42. The summed E-state index contributed by atoms with van der Waals surface area (Å²) < 4.78 is 11.7. The molecular weight excluding hydrogens is 428 g/mol. The zero-order valence-electron chi connectivity index (χ0n) is 19.0. The molecule has 0 saturated heterocycles. The normalized spacial score (nSPS) is 13.0. The Bertz CT molecular complexity index is 734. The molecule has 0 heterocycles. The molecule has 172 valence electrons. The van der Waals surface area contributed by atoms with Gasteiger partial charge in [-0.15, -0.1) is 0 Å². The standard InChI is InChI=1S/C20H33ClN2O4Si.H2O2/c1-19(2,3)28(7,8)27-20(4,5)12-16(24)23-17(18(22)25)14-11-13(21)9-10-15(14)26-6;1-2/h9-11,17H,12H2,1-8H3,(H2,22,25)(H,23,24);1-2H. The van der Waals surface area contributed by atoms with Gasteiger partial charge in [0.05, 0.1) is 19.1 Å². The molecule has 0 spiro atoms. The van der Waals surface area contributed by atoms with E-state index in [1.165, 1.54) is 7.11 Å². The fourth-order valence-electron chi connectivity index (χ4n) is 2.71. The molecule has 0 aliphatic rings. The molecule has 0 bridgehead atoms. The van der Waals surface area contributed by atoms with Crippen LogP contribution in [0.3, 0.4) is 0 Å². The number of hydrogen-bond acceptors (Lipinski definition) is 6. The van der Waals surface area contributed by atoms with Crippen LogP contribution in [0.5, 0.6) is 5.75 Å². The second-order valence-electron chi connectivity index (χ2n) is 9.09. The summed E-state index contributed by atoms with van der Waals surface area (Å²) in [4.78, 5) is 24.7. The summed E-state index contributed by atoms with van der Waals surface area (Å²) in [5, 5.41) is 15.1. The Kier molecular flexibility index (Phi) is 10.5. The molecule has 10 heteroatoms. The number of ether oxygens (including phenoxy) is 1. The van der Waals surface area contributed by atoms with Crippen molar-refractivity contribution in [1.82, 2.24) is 5.32 Å². The third-order valence-electron chi connectivity index (χ3n) is 5.02. The fraction of sp³-hybridized carbons (Fsp3) is 0.600. The van der Waals surface area contributed by atoms with Crippen LogP contribution in [-0.4, -0.2) is 43.4 Å². The summed E-state index contributed by atoms with van der Waals surface area (Å²) in [7, 11) is -0.589. The quantitative estimate of drug-likeness (QED) is 0.260. The van der Waals surface area contributed by atoms with E-state index in [1.54, 1.807) is 18.2 Å². The number of methoxy groups -OCH3 is 1. The van der Waals surface area contributed by atoms with Gasteiger partial charge in [0.15, 0.2) is 8.32 Å². The molecule has 1 unspecified atom stereocenters. The summed E-state index contributed by atoms with van der Waals surface area (Å²) in [6.45, 7) is 14.5. The molecular formula is C20H35ClN2O6Si. The Labute approximate surface area is 184 Å². The largest absolute Gasteiger partial charge is 0.496 e. The molecule has 0 fully saturated rings. The van der Waals surface area contributed by atoms with Gasteiger partial charge in [-0.1, -0.05) is 32.4 Å². The molecule has 0 aliphatic heterocycles. The summed E-state index contributed by atoms with van der Waals surface area (Å²) in [6.07, 6.45) is 0.0895. The first-order valence-electron chi connectivity index (χ1n) is 9.42. The van der Waals surface area contributed by atoms with E-state index in [0.29, 0.717) is 16.3 Å². The van der Waals surface area contributed by atoms with Gasteiger partial charge in [0.25, 0.3) is 0 Å². The van der Waals surface area contributed by atoms with Crippen LogP contribution in [0, 0.1) is 0 Å². The molecule has 0 aliphatic carbocycles. The Hall–Kier alpha value is -1.65. The lowest BCUT2D eigenvalue weighted by atomic mass is 10.0. The summed E-state index contributed by atoms with van der Waals surface area (Å²) in [5.41, 5.74) is 5.27. The molecule has 1 atom stereocenters. The van der Waals surface area contributed by atoms with Gasteiger partial charge < -0.3 is 20.2 Å². The van der Waals surface area contributed by atoms with Gasteiger partial charge in [-0.2, -0.15) is 0 Å². The first-order chi connectivity index (χ1) is 13.6. The van der Waals surface area contributed by atoms with Gasteiger partial charge in [0, 0.05) is 10.6 Å². The van der Waals surface area contributed by atoms with Gasteiger partial charge in [-0.05, 0) is 50.2 Å². The monoisotopic (exact) mass is 462 g/mol. The Morgan fingerprint density at radius 1 is 1.20 bits per heavy atom. The molecule has 1 aromatic carbocycles. The van der Waals surface area contributed by atoms with Gasteiger partial charge in [-0.25, -0.2) is 0 Å². The average Bonchev–Trinajstić information content (AvgIpc) is 2.58. The van der Waals surface area contributed by atoms with Crippen LogP contribution in [0.15, 0.2) is 18.2 Å². The maximum Gasteiger partial charge on any atom is 0.244 e. The van der Waals surface area contributed by atoms with Gasteiger partial charge in [0.2, 0.25) is 11.8 Å². The lowest BCUT2D eigenvalue weighted by Crippen LogP contribution is -2.49. The number of benzene rings is 1. The highest BCUT2D eigenvalue weighted by Crippen LogP contribution is 2.39. The van der Waals surface area contributed by atoms with Crippen LogP contribution in [0.2, 0.25) is 23.2 Å². The maximum atomic E-state index is 12.7. The van der Waals surface area contributed by atoms with Crippen molar-refractivity contribution < 1.29 is 29.3 Å². The van der Waals surface area contributed by atoms with Crippen LogP contribution in [-0.2, 0) is 14.0 Å². The first kappa shape index (κ1) is 28.3. The van der Waals surface area contributed by atoms with E-state index in [4.69, 9.17) is 37.0 Å². The first-order valence-corrected chi connectivity index (χ1v) is 12.7. The summed E-state index contributed by atoms with van der Waals surface area (Å²) >= 11 is 6.05. The average molecular weight is 463 g/mol. The fourth-order valence-corrected chi connectivity index (χ4v) is 4.65. The van der Waals surface area contributed by atoms with Crippen LogP contribution < -0.4 is 15.8 Å². The molecule has 0 radical (unpaired) electrons. The molecule has 1 aromatic rings. The highest BCUT2D eigenvalue weighted by atomic mass is 35.5. The minimum Gasteiger partial charge on any atom is -0.496 e. The van der Waals surface area contributed by atoms with Gasteiger partial charge >= 0.3 is 0 Å². The zero-order valence-corrected chi connectivity index (χ0v) is 20.8. The van der Waals surface area contributed by atoms with E-state index in [-0.39, 0.29) is 17.4 Å². The van der Waals surface area contributed by atoms with Crippen molar-refractivity contribution in [2.24, 2.45) is 5.73 Å². The number of amides is 2. The minimum absolute atomic E-state index is 0.0185. The Morgan fingerprint density at radius 3 is 2.17 bits per heavy atom. The summed E-state index contributed by atoms with van der Waals surface area (Å²) in [5.74, 6) is -0.614. The summed E-state index contributed by atoms with van der Waals surface area (Å²) in [6, 6.07) is 3.78. The number of hydrogen-bond donors (Lipinski definition) is 4. The van der Waals surface area contributed by atoms with E-state index in [1.807, 2.05) is 13.8 Å². The predicted molar refractivity (Wildman–Crippen MR) is 120 cm³/mol. The SMILES string of the molecule is COc1ccc(Cl)cc1C(NC(=O)CC(C)(C)O[Si](C)(C)C(C)(C)C)C(N)=O.OO. The maximum absolute atomic E-state index is 12.7. The van der Waals surface area contributed by atoms with Crippen LogP contribution in [0.25, 0.3) is 0 Å². The van der Waals surface area contributed by atoms with Crippen molar-refractivity contribution >= 4 is 31.7 Å². The number of rotatable bonds is 8. The van der Waals surface area contributed by atoms with Crippen molar-refractivity contribution in [3.63, 3.8) is 0 Å². The third-order valence-corrected chi connectivity index (χ3v) is 9.93. The number of halogens is 1. The molecule has 0 aromatic heterocycles. The van der Waals surface area contributed by atoms with Gasteiger partial charge in [0.1, 0.15) is 11.8 Å². The van der Waals surface area contributed by atoms with Crippen LogP contribution in [0.4, 0.5) is 0 Å². The van der Waals surface area contributed by atoms with Crippen molar-refractivity contribution in [1.29, 1.82) is 0 Å². The van der Waals surface area contributed by atoms with Crippen molar-refractivity contribution in [2.45, 2.75) is 70.8 Å². The van der Waals surface area contributed by atoms with Crippen molar-refractivity contribution in [3.05, 3.63) is 28.8 Å². The minimum atomic E-state index is -2.06. The highest BCUT2D eigenvalue weighted by molar-refractivity contribution is 6.74. The topological polar surface area (TPSA) is 131 Å². The molecule has 8 nitrogen and oxygen atoms in total.